The molecular weight excluding hydrogens is 302 g/mol. The first-order chi connectivity index (χ1) is 10.1. The Hall–Kier alpha value is -0.650. The van der Waals surface area contributed by atoms with Crippen LogP contribution in [0.25, 0.3) is 0 Å². The van der Waals surface area contributed by atoms with Crippen LogP contribution in [-0.4, -0.2) is 22.1 Å². The summed E-state index contributed by atoms with van der Waals surface area (Å²) in [6, 6.07) is 10.2. The van der Waals surface area contributed by atoms with Crippen molar-refractivity contribution in [1.82, 2.24) is 0 Å². The Morgan fingerprint density at radius 1 is 1.38 bits per heavy atom. The highest BCUT2D eigenvalue weighted by Crippen LogP contribution is 2.39. The number of rotatable bonds is 6. The van der Waals surface area contributed by atoms with Crippen molar-refractivity contribution in [2.45, 2.75) is 50.3 Å². The molecule has 1 aliphatic heterocycles. The summed E-state index contributed by atoms with van der Waals surface area (Å²) in [6.45, 7) is 1.98. The van der Waals surface area contributed by atoms with Gasteiger partial charge in [0.25, 0.3) is 0 Å². The van der Waals surface area contributed by atoms with E-state index in [0.29, 0.717) is 6.42 Å². The molecule has 1 aromatic carbocycles. The van der Waals surface area contributed by atoms with Crippen LogP contribution >= 0.6 is 21.6 Å². The smallest absolute Gasteiger partial charge is 0.303 e. The molecule has 2 rings (SSSR count). The predicted octanol–water partition coefficient (Wildman–Crippen LogP) is 4.49. The van der Waals surface area contributed by atoms with Gasteiger partial charge in [-0.15, -0.1) is 0 Å². The van der Waals surface area contributed by atoms with E-state index in [0.717, 1.165) is 18.1 Å². The quantitative estimate of drug-likeness (QED) is 0.595. The average molecular weight is 328 g/mol. The van der Waals surface area contributed by atoms with E-state index in [2.05, 4.69) is 0 Å². The Bertz CT molecular complexity index is 393. The highest BCUT2D eigenvalue weighted by molar-refractivity contribution is 8.77. The molecule has 3 N–H and O–H groups in total. The fraction of sp³-hybridized carbons (Fsp3) is 0.562. The Balaban J connectivity index is 0.000000219. The summed E-state index contributed by atoms with van der Waals surface area (Å²) in [5.74, 6) is 0.609. The number of benzene rings is 1. The van der Waals surface area contributed by atoms with Crippen molar-refractivity contribution in [2.75, 3.05) is 5.75 Å². The standard InChI is InChI=1S/C8H11N.C8H14O2S2/c1-7(9)8-5-3-2-4-6-8;9-8(10)4-2-1-3-7-5-6-11-12-7/h2-7H,9H2,1H3;7H,1-6H2,(H,9,10)/t2*7-/m11/s1. The summed E-state index contributed by atoms with van der Waals surface area (Å²) in [5, 5.41) is 9.19. The molecule has 0 radical (unpaired) electrons. The van der Waals surface area contributed by atoms with Gasteiger partial charge in [0.05, 0.1) is 0 Å². The fourth-order valence-corrected chi connectivity index (χ4v) is 5.00. The van der Waals surface area contributed by atoms with E-state index >= 15 is 0 Å². The number of hydrogen-bond acceptors (Lipinski definition) is 4. The molecule has 1 aromatic rings. The molecule has 1 fully saturated rings. The Kier molecular flexibility index (Phi) is 9.63. The van der Waals surface area contributed by atoms with Crippen LogP contribution in [-0.2, 0) is 4.79 Å². The summed E-state index contributed by atoms with van der Waals surface area (Å²) in [7, 11) is 3.92. The second kappa shape index (κ2) is 11.0. The van der Waals surface area contributed by atoms with Crippen LogP contribution in [0.4, 0.5) is 0 Å². The molecule has 0 aliphatic carbocycles. The molecule has 0 spiro atoms. The lowest BCUT2D eigenvalue weighted by atomic mass is 10.1. The van der Waals surface area contributed by atoms with Gasteiger partial charge >= 0.3 is 5.97 Å². The molecule has 1 heterocycles. The Morgan fingerprint density at radius 2 is 2.10 bits per heavy atom. The molecule has 0 bridgehead atoms. The molecule has 0 saturated carbocycles. The third kappa shape index (κ3) is 9.06. The van der Waals surface area contributed by atoms with Gasteiger partial charge in [-0.25, -0.2) is 0 Å². The van der Waals surface area contributed by atoms with Crippen LogP contribution < -0.4 is 5.73 Å². The molecule has 0 aromatic heterocycles. The summed E-state index contributed by atoms with van der Waals surface area (Å²) in [6.07, 6.45) is 4.76. The first kappa shape index (κ1) is 18.4. The minimum atomic E-state index is -0.663. The zero-order chi connectivity index (χ0) is 15.5. The number of aliphatic carboxylic acids is 1. The van der Waals surface area contributed by atoms with Gasteiger partial charge in [0, 0.05) is 23.5 Å². The van der Waals surface area contributed by atoms with Crippen molar-refractivity contribution in [3.8, 4) is 0 Å². The second-order valence-corrected chi connectivity index (χ2v) is 7.96. The van der Waals surface area contributed by atoms with Gasteiger partial charge in [-0.1, -0.05) is 58.3 Å². The number of carbonyl (C=O) groups is 1. The van der Waals surface area contributed by atoms with Crippen LogP contribution in [0.15, 0.2) is 30.3 Å². The summed E-state index contributed by atoms with van der Waals surface area (Å²) >= 11 is 0. The van der Waals surface area contributed by atoms with Crippen LogP contribution in [0, 0.1) is 0 Å². The molecule has 118 valence electrons. The maximum atomic E-state index is 10.2. The number of hydrogen-bond donors (Lipinski definition) is 2. The average Bonchev–Trinajstić information content (AvgIpc) is 2.98. The molecule has 21 heavy (non-hydrogen) atoms. The number of carboxylic acid groups (broad SMARTS) is 1. The third-order valence-corrected chi connectivity index (χ3v) is 6.23. The van der Waals surface area contributed by atoms with Crippen LogP contribution in [0.5, 0.6) is 0 Å². The molecule has 1 aliphatic rings. The van der Waals surface area contributed by atoms with Gasteiger partial charge in [0.1, 0.15) is 0 Å². The van der Waals surface area contributed by atoms with Crippen molar-refractivity contribution in [3.63, 3.8) is 0 Å². The van der Waals surface area contributed by atoms with E-state index in [4.69, 9.17) is 10.8 Å². The fourth-order valence-electron chi connectivity index (χ4n) is 1.97. The van der Waals surface area contributed by atoms with E-state index in [1.807, 2.05) is 58.8 Å². The van der Waals surface area contributed by atoms with Gasteiger partial charge in [-0.2, -0.15) is 0 Å². The van der Waals surface area contributed by atoms with Crippen molar-refractivity contribution in [2.24, 2.45) is 5.73 Å². The largest absolute Gasteiger partial charge is 0.481 e. The Labute approximate surface area is 135 Å². The first-order valence-corrected chi connectivity index (χ1v) is 9.78. The lowest BCUT2D eigenvalue weighted by molar-refractivity contribution is -0.137. The van der Waals surface area contributed by atoms with E-state index in [1.165, 1.54) is 24.2 Å². The van der Waals surface area contributed by atoms with Gasteiger partial charge in [0.15, 0.2) is 0 Å². The predicted molar refractivity (Wildman–Crippen MR) is 93.6 cm³/mol. The van der Waals surface area contributed by atoms with Crippen LogP contribution in [0.3, 0.4) is 0 Å². The van der Waals surface area contributed by atoms with Gasteiger partial charge < -0.3 is 10.8 Å². The van der Waals surface area contributed by atoms with E-state index in [-0.39, 0.29) is 6.04 Å². The van der Waals surface area contributed by atoms with Crippen molar-refractivity contribution in [3.05, 3.63) is 35.9 Å². The normalized spacial score (nSPS) is 18.7. The minimum Gasteiger partial charge on any atom is -0.481 e. The van der Waals surface area contributed by atoms with E-state index < -0.39 is 5.97 Å². The molecule has 0 unspecified atom stereocenters. The number of unbranched alkanes of at least 4 members (excludes halogenated alkanes) is 1. The van der Waals surface area contributed by atoms with E-state index in [9.17, 15) is 4.79 Å². The monoisotopic (exact) mass is 327 g/mol. The van der Waals surface area contributed by atoms with E-state index in [1.54, 1.807) is 0 Å². The van der Waals surface area contributed by atoms with Gasteiger partial charge in [-0.3, -0.25) is 4.79 Å². The number of nitrogens with two attached hydrogens (primary N) is 1. The van der Waals surface area contributed by atoms with Crippen LogP contribution in [0.2, 0.25) is 0 Å². The summed E-state index contributed by atoms with van der Waals surface area (Å²) in [5.41, 5.74) is 6.81. The van der Waals surface area contributed by atoms with Crippen molar-refractivity contribution < 1.29 is 9.90 Å². The van der Waals surface area contributed by atoms with Crippen molar-refractivity contribution >= 4 is 27.6 Å². The minimum absolute atomic E-state index is 0.159. The second-order valence-electron chi connectivity index (χ2n) is 5.17. The summed E-state index contributed by atoms with van der Waals surface area (Å²) in [4.78, 5) is 10.2. The molecule has 3 nitrogen and oxygen atoms in total. The molecule has 2 atom stereocenters. The highest BCUT2D eigenvalue weighted by atomic mass is 33.1. The SMILES string of the molecule is C[C@@H](N)c1ccccc1.O=C(O)CCCC[C@@H]1CCSS1. The lowest BCUT2D eigenvalue weighted by Gasteiger charge is -2.04. The maximum absolute atomic E-state index is 10.2. The lowest BCUT2D eigenvalue weighted by Crippen LogP contribution is -2.03. The van der Waals surface area contributed by atoms with Gasteiger partial charge in [0.2, 0.25) is 0 Å². The number of carboxylic acids is 1. The molecule has 5 heteroatoms. The topological polar surface area (TPSA) is 63.3 Å². The molecular formula is C16H25NO2S2. The first-order valence-electron chi connectivity index (χ1n) is 7.40. The van der Waals surface area contributed by atoms with Crippen LogP contribution in [0.1, 0.15) is 50.6 Å². The zero-order valence-corrected chi connectivity index (χ0v) is 14.2. The van der Waals surface area contributed by atoms with Crippen molar-refractivity contribution in [1.29, 1.82) is 0 Å². The van der Waals surface area contributed by atoms with Gasteiger partial charge in [-0.05, 0) is 31.7 Å². The maximum Gasteiger partial charge on any atom is 0.303 e. The highest BCUT2D eigenvalue weighted by Gasteiger charge is 2.15. The molecule has 0 amide bonds. The summed E-state index contributed by atoms with van der Waals surface area (Å²) < 4.78 is 0. The Morgan fingerprint density at radius 3 is 2.57 bits per heavy atom. The molecule has 1 saturated heterocycles. The third-order valence-electron chi connectivity index (χ3n) is 3.22. The zero-order valence-electron chi connectivity index (χ0n) is 12.5.